The van der Waals surface area contributed by atoms with Crippen molar-refractivity contribution in [2.24, 2.45) is 0 Å². The van der Waals surface area contributed by atoms with Crippen LogP contribution in [0.1, 0.15) is 19.9 Å². The number of benzene rings is 1. The summed E-state index contributed by atoms with van der Waals surface area (Å²) in [6.07, 6.45) is 0. The second-order valence-corrected chi connectivity index (χ2v) is 4.69. The smallest absolute Gasteiger partial charge is 0.408 e. The van der Waals surface area contributed by atoms with Crippen molar-refractivity contribution in [3.8, 4) is 0 Å². The first-order valence-electron chi connectivity index (χ1n) is 4.40. The second-order valence-electron chi connectivity index (χ2n) is 3.44. The van der Waals surface area contributed by atoms with E-state index in [0.29, 0.717) is 5.58 Å². The summed E-state index contributed by atoms with van der Waals surface area (Å²) in [5.41, 5.74) is 1.53. The Bertz CT molecular complexity index is 524. The molecule has 1 heterocycles. The molecule has 0 saturated heterocycles. The normalized spacial score (nSPS) is 11.4. The lowest BCUT2D eigenvalue weighted by Gasteiger charge is -2.04. The SMILES string of the molecule is CC(C)n1c(=O)oc2cc(I)ccc21. The summed E-state index contributed by atoms with van der Waals surface area (Å²) in [6.45, 7) is 3.93. The molecule has 0 saturated carbocycles. The average molecular weight is 303 g/mol. The van der Waals surface area contributed by atoms with Gasteiger partial charge in [-0.15, -0.1) is 0 Å². The zero-order valence-electron chi connectivity index (χ0n) is 7.95. The van der Waals surface area contributed by atoms with E-state index in [1.165, 1.54) is 0 Å². The number of hydrogen-bond acceptors (Lipinski definition) is 2. The minimum absolute atomic E-state index is 0.129. The molecule has 1 aromatic carbocycles. The number of oxazole rings is 1. The van der Waals surface area contributed by atoms with Gasteiger partial charge in [0.2, 0.25) is 0 Å². The predicted molar refractivity (Wildman–Crippen MR) is 63.6 cm³/mol. The minimum atomic E-state index is -0.281. The lowest BCUT2D eigenvalue weighted by Crippen LogP contribution is -2.15. The highest BCUT2D eigenvalue weighted by Gasteiger charge is 2.11. The van der Waals surface area contributed by atoms with Crippen molar-refractivity contribution in [3.63, 3.8) is 0 Å². The number of fused-ring (bicyclic) bond motifs is 1. The molecule has 14 heavy (non-hydrogen) atoms. The molecule has 0 amide bonds. The lowest BCUT2D eigenvalue weighted by molar-refractivity contribution is 0.478. The van der Waals surface area contributed by atoms with Gasteiger partial charge in [0.15, 0.2) is 5.58 Å². The lowest BCUT2D eigenvalue weighted by atomic mass is 10.3. The van der Waals surface area contributed by atoms with Gasteiger partial charge in [-0.05, 0) is 54.6 Å². The molecule has 4 heteroatoms. The van der Waals surface area contributed by atoms with E-state index in [1.54, 1.807) is 4.57 Å². The molecule has 2 rings (SSSR count). The Morgan fingerprint density at radius 1 is 1.43 bits per heavy atom. The molecule has 0 spiro atoms. The summed E-state index contributed by atoms with van der Waals surface area (Å²) in [4.78, 5) is 11.5. The average Bonchev–Trinajstić information content (AvgIpc) is 2.39. The fourth-order valence-corrected chi connectivity index (χ4v) is 1.96. The molecule has 0 aliphatic rings. The number of rotatable bonds is 1. The molecule has 0 bridgehead atoms. The van der Waals surface area contributed by atoms with Crippen LogP contribution in [0.25, 0.3) is 11.1 Å². The van der Waals surface area contributed by atoms with Crippen molar-refractivity contribution in [1.82, 2.24) is 4.57 Å². The highest BCUT2D eigenvalue weighted by atomic mass is 127. The summed E-state index contributed by atoms with van der Waals surface area (Å²) in [7, 11) is 0. The van der Waals surface area contributed by atoms with Crippen molar-refractivity contribution in [3.05, 3.63) is 32.3 Å². The van der Waals surface area contributed by atoms with Crippen molar-refractivity contribution >= 4 is 33.7 Å². The quantitative estimate of drug-likeness (QED) is 0.759. The maximum atomic E-state index is 11.5. The fourth-order valence-electron chi connectivity index (χ4n) is 1.50. The van der Waals surface area contributed by atoms with Gasteiger partial charge in [-0.25, -0.2) is 4.79 Å². The molecule has 74 valence electrons. The first-order chi connectivity index (χ1) is 6.59. The van der Waals surface area contributed by atoms with Crippen molar-refractivity contribution in [2.45, 2.75) is 19.9 Å². The topological polar surface area (TPSA) is 35.1 Å². The van der Waals surface area contributed by atoms with Crippen LogP contribution in [0.3, 0.4) is 0 Å². The Kier molecular flexibility index (Phi) is 2.38. The third-order valence-corrected chi connectivity index (χ3v) is 2.76. The summed E-state index contributed by atoms with van der Waals surface area (Å²) >= 11 is 2.19. The fraction of sp³-hybridized carbons (Fsp3) is 0.300. The zero-order chi connectivity index (χ0) is 10.3. The van der Waals surface area contributed by atoms with Crippen LogP contribution >= 0.6 is 22.6 Å². The van der Waals surface area contributed by atoms with Gasteiger partial charge in [0.05, 0.1) is 5.52 Å². The van der Waals surface area contributed by atoms with E-state index in [2.05, 4.69) is 22.6 Å². The van der Waals surface area contributed by atoms with Crippen molar-refractivity contribution in [2.75, 3.05) is 0 Å². The third kappa shape index (κ3) is 1.47. The molecule has 3 nitrogen and oxygen atoms in total. The van der Waals surface area contributed by atoms with Gasteiger partial charge < -0.3 is 4.42 Å². The standard InChI is InChI=1S/C10H10INO2/c1-6(2)12-8-4-3-7(11)5-9(8)14-10(12)13/h3-6H,1-2H3. The number of aromatic nitrogens is 1. The molecular weight excluding hydrogens is 293 g/mol. The largest absolute Gasteiger partial charge is 0.420 e. The maximum Gasteiger partial charge on any atom is 0.420 e. The first kappa shape index (κ1) is 9.76. The van der Waals surface area contributed by atoms with E-state index in [1.807, 2.05) is 32.0 Å². The second kappa shape index (κ2) is 3.42. The Hall–Kier alpha value is -0.780. The summed E-state index contributed by atoms with van der Waals surface area (Å²) in [5, 5.41) is 0. The molecule has 0 N–H and O–H groups in total. The highest BCUT2D eigenvalue weighted by molar-refractivity contribution is 14.1. The van der Waals surface area contributed by atoms with Gasteiger partial charge in [0.1, 0.15) is 0 Å². The molecule has 0 radical (unpaired) electrons. The molecular formula is C10H10INO2. The van der Waals surface area contributed by atoms with E-state index in [4.69, 9.17) is 4.42 Å². The zero-order valence-corrected chi connectivity index (χ0v) is 10.1. The monoisotopic (exact) mass is 303 g/mol. The van der Waals surface area contributed by atoms with Gasteiger partial charge in [-0.1, -0.05) is 0 Å². The van der Waals surface area contributed by atoms with Crippen molar-refractivity contribution < 1.29 is 4.42 Å². The van der Waals surface area contributed by atoms with Crippen LogP contribution in [0.4, 0.5) is 0 Å². The van der Waals surface area contributed by atoms with Crippen molar-refractivity contribution in [1.29, 1.82) is 0 Å². The highest BCUT2D eigenvalue weighted by Crippen LogP contribution is 2.18. The predicted octanol–water partition coefficient (Wildman–Crippen LogP) is 2.78. The van der Waals surface area contributed by atoms with Gasteiger partial charge >= 0.3 is 5.76 Å². The summed E-state index contributed by atoms with van der Waals surface area (Å²) < 4.78 is 7.87. The van der Waals surface area contributed by atoms with Crippen LogP contribution in [0.15, 0.2) is 27.4 Å². The van der Waals surface area contributed by atoms with E-state index < -0.39 is 0 Å². The Labute approximate surface area is 94.9 Å². The van der Waals surface area contributed by atoms with Gasteiger partial charge in [0.25, 0.3) is 0 Å². The van der Waals surface area contributed by atoms with Gasteiger partial charge in [0, 0.05) is 9.61 Å². The third-order valence-electron chi connectivity index (χ3n) is 2.09. The number of hydrogen-bond donors (Lipinski definition) is 0. The summed E-state index contributed by atoms with van der Waals surface area (Å²) in [5.74, 6) is -0.281. The van der Waals surface area contributed by atoms with Gasteiger partial charge in [-0.3, -0.25) is 4.57 Å². The summed E-state index contributed by atoms with van der Waals surface area (Å²) in [6, 6.07) is 5.89. The molecule has 0 unspecified atom stereocenters. The Balaban J connectivity index is 2.84. The molecule has 2 aromatic rings. The maximum absolute atomic E-state index is 11.5. The van der Waals surface area contributed by atoms with E-state index >= 15 is 0 Å². The Morgan fingerprint density at radius 3 is 2.79 bits per heavy atom. The minimum Gasteiger partial charge on any atom is -0.408 e. The molecule has 0 aliphatic carbocycles. The van der Waals surface area contributed by atoms with E-state index in [0.717, 1.165) is 9.09 Å². The van der Waals surface area contributed by atoms with Crippen LogP contribution in [0.5, 0.6) is 0 Å². The molecule has 1 aromatic heterocycles. The molecule has 0 fully saturated rings. The van der Waals surface area contributed by atoms with Crippen LogP contribution < -0.4 is 5.76 Å². The van der Waals surface area contributed by atoms with Crippen LogP contribution in [0, 0.1) is 3.57 Å². The van der Waals surface area contributed by atoms with Crippen LogP contribution in [-0.2, 0) is 0 Å². The molecule has 0 aliphatic heterocycles. The molecule has 0 atom stereocenters. The van der Waals surface area contributed by atoms with E-state index in [9.17, 15) is 4.79 Å². The van der Waals surface area contributed by atoms with Gasteiger partial charge in [-0.2, -0.15) is 0 Å². The first-order valence-corrected chi connectivity index (χ1v) is 5.48. The number of nitrogens with zero attached hydrogens (tertiary/aromatic N) is 1. The van der Waals surface area contributed by atoms with Crippen LogP contribution in [0.2, 0.25) is 0 Å². The number of halogens is 1. The van der Waals surface area contributed by atoms with E-state index in [-0.39, 0.29) is 11.8 Å². The van der Waals surface area contributed by atoms with Crippen LogP contribution in [-0.4, -0.2) is 4.57 Å². The Morgan fingerprint density at radius 2 is 2.14 bits per heavy atom.